The SMILES string of the molecule is COC(=O)C(Br)CNCC1CN(C)CCO1. The van der Waals surface area contributed by atoms with Crippen molar-refractivity contribution in [2.45, 2.75) is 10.9 Å². The predicted molar refractivity (Wildman–Crippen MR) is 64.8 cm³/mol. The molecule has 0 aromatic heterocycles. The second-order valence-corrected chi connectivity index (χ2v) is 5.01. The standard InChI is InChI=1S/C10H19BrN2O3/c1-13-3-4-16-8(7-13)5-12-6-9(11)10(14)15-2/h8-9,12H,3-7H2,1-2H3. The Morgan fingerprint density at radius 3 is 3.12 bits per heavy atom. The maximum absolute atomic E-state index is 11.1. The number of rotatable bonds is 5. The Bertz CT molecular complexity index is 228. The molecule has 16 heavy (non-hydrogen) atoms. The lowest BCUT2D eigenvalue weighted by Gasteiger charge is -2.30. The van der Waals surface area contributed by atoms with Crippen molar-refractivity contribution in [1.82, 2.24) is 10.2 Å². The molecule has 2 atom stereocenters. The van der Waals surface area contributed by atoms with E-state index < -0.39 is 0 Å². The van der Waals surface area contributed by atoms with Crippen molar-refractivity contribution >= 4 is 21.9 Å². The van der Waals surface area contributed by atoms with Crippen LogP contribution in [0.5, 0.6) is 0 Å². The molecule has 0 spiro atoms. The van der Waals surface area contributed by atoms with Gasteiger partial charge in [-0.15, -0.1) is 0 Å². The van der Waals surface area contributed by atoms with Crippen LogP contribution in [0.1, 0.15) is 0 Å². The van der Waals surface area contributed by atoms with E-state index in [0.29, 0.717) is 6.54 Å². The summed E-state index contributed by atoms with van der Waals surface area (Å²) in [5.41, 5.74) is 0. The Kier molecular flexibility index (Phi) is 6.26. The number of morpholine rings is 1. The summed E-state index contributed by atoms with van der Waals surface area (Å²) in [5, 5.41) is 3.19. The van der Waals surface area contributed by atoms with Crippen LogP contribution < -0.4 is 5.32 Å². The van der Waals surface area contributed by atoms with Crippen molar-refractivity contribution in [2.24, 2.45) is 0 Å². The highest BCUT2D eigenvalue weighted by atomic mass is 79.9. The third-order valence-electron chi connectivity index (χ3n) is 2.49. The number of hydrogen-bond acceptors (Lipinski definition) is 5. The highest BCUT2D eigenvalue weighted by Crippen LogP contribution is 2.03. The van der Waals surface area contributed by atoms with Crippen molar-refractivity contribution < 1.29 is 14.3 Å². The number of carbonyl (C=O) groups excluding carboxylic acids is 1. The van der Waals surface area contributed by atoms with Gasteiger partial charge in [0.25, 0.3) is 0 Å². The number of alkyl halides is 1. The smallest absolute Gasteiger partial charge is 0.320 e. The van der Waals surface area contributed by atoms with Crippen LogP contribution in [0.2, 0.25) is 0 Å². The fraction of sp³-hybridized carbons (Fsp3) is 0.900. The molecule has 0 amide bonds. The summed E-state index contributed by atoms with van der Waals surface area (Å²) in [6.45, 7) is 4.00. The molecule has 1 N–H and O–H groups in total. The zero-order chi connectivity index (χ0) is 12.0. The van der Waals surface area contributed by atoms with Gasteiger partial charge in [-0.1, -0.05) is 15.9 Å². The van der Waals surface area contributed by atoms with Gasteiger partial charge < -0.3 is 19.7 Å². The minimum absolute atomic E-state index is 0.205. The zero-order valence-electron chi connectivity index (χ0n) is 9.74. The fourth-order valence-corrected chi connectivity index (χ4v) is 1.99. The molecule has 0 aliphatic carbocycles. The number of carbonyl (C=O) groups is 1. The summed E-state index contributed by atoms with van der Waals surface area (Å²) in [6, 6.07) is 0. The van der Waals surface area contributed by atoms with E-state index in [2.05, 4.69) is 37.9 Å². The molecule has 2 unspecified atom stereocenters. The Labute approximate surface area is 105 Å². The first-order chi connectivity index (χ1) is 7.63. The van der Waals surface area contributed by atoms with Crippen LogP contribution in [0.15, 0.2) is 0 Å². The van der Waals surface area contributed by atoms with Crippen molar-refractivity contribution in [3.05, 3.63) is 0 Å². The largest absolute Gasteiger partial charge is 0.468 e. The highest BCUT2D eigenvalue weighted by Gasteiger charge is 2.19. The number of esters is 1. The van der Waals surface area contributed by atoms with E-state index in [1.165, 1.54) is 7.11 Å². The van der Waals surface area contributed by atoms with Gasteiger partial charge in [-0.3, -0.25) is 4.79 Å². The van der Waals surface area contributed by atoms with Crippen LogP contribution in [0, 0.1) is 0 Å². The second kappa shape index (κ2) is 7.21. The van der Waals surface area contributed by atoms with E-state index in [0.717, 1.165) is 26.2 Å². The quantitative estimate of drug-likeness (QED) is 0.564. The van der Waals surface area contributed by atoms with Gasteiger partial charge in [0.1, 0.15) is 4.83 Å². The van der Waals surface area contributed by atoms with Gasteiger partial charge in [0, 0.05) is 26.2 Å². The van der Waals surface area contributed by atoms with Crippen LogP contribution >= 0.6 is 15.9 Å². The molecule has 5 nitrogen and oxygen atoms in total. The molecule has 1 fully saturated rings. The summed E-state index contributed by atoms with van der Waals surface area (Å²) in [6.07, 6.45) is 0.205. The summed E-state index contributed by atoms with van der Waals surface area (Å²) in [4.78, 5) is 13.0. The molecule has 1 aliphatic rings. The number of nitrogens with one attached hydrogen (secondary N) is 1. The lowest BCUT2D eigenvalue weighted by molar-refractivity contribution is -0.139. The minimum Gasteiger partial charge on any atom is -0.468 e. The number of hydrogen-bond donors (Lipinski definition) is 1. The molecule has 0 radical (unpaired) electrons. The predicted octanol–water partition coefficient (Wildman–Crippen LogP) is -0.157. The average molecular weight is 295 g/mol. The number of halogens is 1. The molecule has 0 aromatic carbocycles. The van der Waals surface area contributed by atoms with Gasteiger partial charge in [-0.2, -0.15) is 0 Å². The highest BCUT2D eigenvalue weighted by molar-refractivity contribution is 9.10. The van der Waals surface area contributed by atoms with E-state index in [9.17, 15) is 4.79 Å². The van der Waals surface area contributed by atoms with E-state index >= 15 is 0 Å². The lowest BCUT2D eigenvalue weighted by atomic mass is 10.3. The summed E-state index contributed by atoms with van der Waals surface area (Å²) in [7, 11) is 3.47. The minimum atomic E-state index is -0.293. The van der Waals surface area contributed by atoms with Crippen LogP contribution in [0.3, 0.4) is 0 Å². The first-order valence-electron chi connectivity index (χ1n) is 5.36. The van der Waals surface area contributed by atoms with E-state index in [1.54, 1.807) is 0 Å². The molecule has 6 heteroatoms. The van der Waals surface area contributed by atoms with Crippen LogP contribution in [-0.4, -0.2) is 68.7 Å². The van der Waals surface area contributed by atoms with Gasteiger partial charge in [0.2, 0.25) is 0 Å². The van der Waals surface area contributed by atoms with Crippen molar-refractivity contribution in [3.63, 3.8) is 0 Å². The maximum Gasteiger partial charge on any atom is 0.320 e. The summed E-state index contributed by atoms with van der Waals surface area (Å²) < 4.78 is 10.2. The maximum atomic E-state index is 11.1. The molecular formula is C10H19BrN2O3. The van der Waals surface area contributed by atoms with Gasteiger partial charge in [-0.05, 0) is 7.05 Å². The van der Waals surface area contributed by atoms with Crippen LogP contribution in [-0.2, 0) is 14.3 Å². The molecular weight excluding hydrogens is 276 g/mol. The van der Waals surface area contributed by atoms with Gasteiger partial charge in [-0.25, -0.2) is 0 Å². The number of likely N-dealkylation sites (N-methyl/N-ethyl adjacent to an activating group) is 1. The van der Waals surface area contributed by atoms with E-state index in [-0.39, 0.29) is 16.9 Å². The molecule has 94 valence electrons. The number of methoxy groups -OCH3 is 1. The molecule has 0 bridgehead atoms. The average Bonchev–Trinajstić information content (AvgIpc) is 2.28. The van der Waals surface area contributed by atoms with Crippen molar-refractivity contribution in [2.75, 3.05) is 46.9 Å². The Morgan fingerprint density at radius 2 is 2.50 bits per heavy atom. The summed E-state index contributed by atoms with van der Waals surface area (Å²) in [5.74, 6) is -0.255. The lowest BCUT2D eigenvalue weighted by Crippen LogP contribution is -2.46. The van der Waals surface area contributed by atoms with Crippen LogP contribution in [0.4, 0.5) is 0 Å². The fourth-order valence-electron chi connectivity index (χ4n) is 1.57. The molecule has 1 saturated heterocycles. The van der Waals surface area contributed by atoms with Crippen LogP contribution in [0.25, 0.3) is 0 Å². The third kappa shape index (κ3) is 4.78. The first-order valence-corrected chi connectivity index (χ1v) is 6.27. The number of nitrogens with zero attached hydrogens (tertiary/aromatic N) is 1. The van der Waals surface area contributed by atoms with Crippen molar-refractivity contribution in [3.8, 4) is 0 Å². The van der Waals surface area contributed by atoms with Crippen molar-refractivity contribution in [1.29, 1.82) is 0 Å². The Morgan fingerprint density at radius 1 is 1.75 bits per heavy atom. The Balaban J connectivity index is 2.12. The van der Waals surface area contributed by atoms with Gasteiger partial charge >= 0.3 is 5.97 Å². The molecule has 1 rings (SSSR count). The Hall–Kier alpha value is -0.170. The normalized spacial score (nSPS) is 24.1. The molecule has 1 aliphatic heterocycles. The zero-order valence-corrected chi connectivity index (χ0v) is 11.3. The summed E-state index contributed by atoms with van der Waals surface area (Å²) >= 11 is 3.25. The molecule has 0 saturated carbocycles. The molecule has 1 heterocycles. The van der Waals surface area contributed by atoms with E-state index in [4.69, 9.17) is 4.74 Å². The third-order valence-corrected chi connectivity index (χ3v) is 3.19. The van der Waals surface area contributed by atoms with Gasteiger partial charge in [0.05, 0.1) is 19.8 Å². The second-order valence-electron chi connectivity index (χ2n) is 3.90. The monoisotopic (exact) mass is 294 g/mol. The number of ether oxygens (including phenoxy) is 2. The molecule has 0 aromatic rings. The first kappa shape index (κ1) is 13.9. The van der Waals surface area contributed by atoms with Gasteiger partial charge in [0.15, 0.2) is 0 Å². The van der Waals surface area contributed by atoms with E-state index in [1.807, 2.05) is 0 Å². The topological polar surface area (TPSA) is 50.8 Å².